The van der Waals surface area contributed by atoms with Crippen LogP contribution in [0.2, 0.25) is 0 Å². The van der Waals surface area contributed by atoms with Crippen LogP contribution in [0.5, 0.6) is 5.75 Å². The molecule has 32 heavy (non-hydrogen) atoms. The van der Waals surface area contributed by atoms with Crippen molar-refractivity contribution in [2.24, 2.45) is 5.92 Å². The summed E-state index contributed by atoms with van der Waals surface area (Å²) in [6, 6.07) is 13.2. The van der Waals surface area contributed by atoms with E-state index in [4.69, 9.17) is 4.74 Å². The van der Waals surface area contributed by atoms with Gasteiger partial charge in [0.1, 0.15) is 5.75 Å². The molecule has 1 atom stereocenters. The van der Waals surface area contributed by atoms with Gasteiger partial charge in [-0.25, -0.2) is 8.42 Å². The Bertz CT molecular complexity index is 1180. The van der Waals surface area contributed by atoms with Crippen molar-refractivity contribution in [3.8, 4) is 17.0 Å². The molecule has 0 amide bonds. The van der Waals surface area contributed by atoms with Gasteiger partial charge < -0.3 is 14.4 Å². The highest BCUT2D eigenvalue weighted by molar-refractivity contribution is 7.92. The van der Waals surface area contributed by atoms with E-state index in [9.17, 15) is 13.5 Å². The number of aromatic nitrogens is 2. The summed E-state index contributed by atoms with van der Waals surface area (Å²) in [5, 5.41) is 9.73. The summed E-state index contributed by atoms with van der Waals surface area (Å²) in [5.74, 6) is 0.659. The zero-order valence-corrected chi connectivity index (χ0v) is 18.7. The van der Waals surface area contributed by atoms with E-state index in [2.05, 4.69) is 15.7 Å². The van der Waals surface area contributed by atoms with Crippen LogP contribution in [0.25, 0.3) is 11.3 Å². The number of nitrogens with zero attached hydrogens (tertiary/aromatic N) is 2. The highest BCUT2D eigenvalue weighted by Crippen LogP contribution is 2.37. The predicted octanol–water partition coefficient (Wildman–Crippen LogP) is 4.60. The van der Waals surface area contributed by atoms with E-state index >= 15 is 0 Å². The van der Waals surface area contributed by atoms with Gasteiger partial charge in [0.2, 0.25) is 0 Å². The molecule has 1 aliphatic carbocycles. The number of hydrogen-bond donors (Lipinski definition) is 1. The monoisotopic (exact) mass is 452 g/mol. The zero-order chi connectivity index (χ0) is 22.1. The van der Waals surface area contributed by atoms with E-state index in [1.54, 1.807) is 24.4 Å². The molecular formula is C25H28N2O4S. The maximum absolute atomic E-state index is 12.6. The molecule has 1 N–H and O–H groups in total. The Morgan fingerprint density at radius 1 is 1.06 bits per heavy atom. The molecule has 1 aliphatic heterocycles. The molecule has 2 aromatic heterocycles. The molecule has 3 aromatic rings. The summed E-state index contributed by atoms with van der Waals surface area (Å²) < 4.78 is 33.1. The van der Waals surface area contributed by atoms with Gasteiger partial charge in [0, 0.05) is 31.2 Å². The Morgan fingerprint density at radius 2 is 1.81 bits per heavy atom. The topological polar surface area (TPSA) is 81.4 Å². The molecule has 1 saturated carbocycles. The number of ether oxygens (including phenoxy) is 1. The molecule has 1 saturated heterocycles. The standard InChI is InChI=1S/C25H28N2O4S/c28-21-15-20(16-26-17-21)24-2-1-11-27(24)25(14-18-9-12-31-13-10-18)19-3-5-22(6-4-19)32(29,30)23-7-8-23/h1-6,11,15-18,23,25,28H,7-10,12-14H2. The highest BCUT2D eigenvalue weighted by Gasteiger charge is 2.37. The molecule has 168 valence electrons. The minimum absolute atomic E-state index is 0.0446. The van der Waals surface area contributed by atoms with Crippen LogP contribution in [0.4, 0.5) is 0 Å². The van der Waals surface area contributed by atoms with E-state index in [1.807, 2.05) is 24.3 Å². The normalized spacial score (nSPS) is 18.5. The van der Waals surface area contributed by atoms with Crippen LogP contribution in [0.15, 0.2) is 66.0 Å². The van der Waals surface area contributed by atoms with Gasteiger partial charge in [0.05, 0.1) is 28.1 Å². The first-order valence-electron chi connectivity index (χ1n) is 11.3. The van der Waals surface area contributed by atoms with E-state index in [1.165, 1.54) is 6.20 Å². The maximum Gasteiger partial charge on any atom is 0.181 e. The van der Waals surface area contributed by atoms with Crippen LogP contribution in [0.1, 0.15) is 43.7 Å². The SMILES string of the molecule is O=S(=O)(c1ccc(C(CC2CCOCC2)n2cccc2-c2cncc(O)c2)cc1)C1CC1. The van der Waals surface area contributed by atoms with E-state index < -0.39 is 9.84 Å². The van der Waals surface area contributed by atoms with Crippen LogP contribution < -0.4 is 0 Å². The lowest BCUT2D eigenvalue weighted by molar-refractivity contribution is 0.0607. The predicted molar refractivity (Wildman–Crippen MR) is 122 cm³/mol. The van der Waals surface area contributed by atoms with Crippen molar-refractivity contribution < 1.29 is 18.3 Å². The van der Waals surface area contributed by atoms with Crippen LogP contribution in [0.3, 0.4) is 0 Å². The van der Waals surface area contributed by atoms with Crippen molar-refractivity contribution in [3.63, 3.8) is 0 Å². The lowest BCUT2D eigenvalue weighted by atomic mass is 9.89. The largest absolute Gasteiger partial charge is 0.506 e. The van der Waals surface area contributed by atoms with Crippen molar-refractivity contribution in [2.45, 2.75) is 48.3 Å². The van der Waals surface area contributed by atoms with Gasteiger partial charge in [-0.15, -0.1) is 0 Å². The minimum atomic E-state index is -3.20. The second-order valence-electron chi connectivity index (χ2n) is 8.85. The molecule has 6 nitrogen and oxygen atoms in total. The summed E-state index contributed by atoms with van der Waals surface area (Å²) in [7, 11) is -3.20. The Balaban J connectivity index is 1.51. The average molecular weight is 453 g/mol. The van der Waals surface area contributed by atoms with Crippen LogP contribution in [0, 0.1) is 5.92 Å². The third kappa shape index (κ3) is 4.32. The molecule has 1 unspecified atom stereocenters. The van der Waals surface area contributed by atoms with Gasteiger partial charge in [-0.3, -0.25) is 4.98 Å². The number of benzene rings is 1. The fraction of sp³-hybridized carbons (Fsp3) is 0.400. The van der Waals surface area contributed by atoms with Gasteiger partial charge in [0.15, 0.2) is 9.84 Å². The van der Waals surface area contributed by atoms with Crippen LogP contribution in [-0.4, -0.2) is 41.5 Å². The summed E-state index contributed by atoms with van der Waals surface area (Å²) in [5.41, 5.74) is 2.90. The number of aromatic hydroxyl groups is 1. The summed E-state index contributed by atoms with van der Waals surface area (Å²) in [4.78, 5) is 4.56. The summed E-state index contributed by atoms with van der Waals surface area (Å²) in [6.07, 6.45) is 9.74. The van der Waals surface area contributed by atoms with E-state index in [0.29, 0.717) is 10.8 Å². The van der Waals surface area contributed by atoms with Gasteiger partial charge in [0.25, 0.3) is 0 Å². The summed E-state index contributed by atoms with van der Waals surface area (Å²) in [6.45, 7) is 1.57. The molecule has 5 rings (SSSR count). The number of hydrogen-bond acceptors (Lipinski definition) is 5. The average Bonchev–Trinajstić information content (AvgIpc) is 3.57. The second kappa shape index (κ2) is 8.71. The van der Waals surface area contributed by atoms with Crippen molar-refractivity contribution in [1.82, 2.24) is 9.55 Å². The van der Waals surface area contributed by atoms with Gasteiger partial charge in [-0.05, 0) is 73.9 Å². The van der Waals surface area contributed by atoms with Crippen molar-refractivity contribution >= 4 is 9.84 Å². The van der Waals surface area contributed by atoms with Crippen LogP contribution >= 0.6 is 0 Å². The van der Waals surface area contributed by atoms with Crippen LogP contribution in [-0.2, 0) is 14.6 Å². The first kappa shape index (κ1) is 21.2. The second-order valence-corrected chi connectivity index (χ2v) is 11.1. The van der Waals surface area contributed by atoms with Gasteiger partial charge in [-0.2, -0.15) is 0 Å². The third-order valence-electron chi connectivity index (χ3n) is 6.59. The van der Waals surface area contributed by atoms with E-state index in [-0.39, 0.29) is 17.0 Å². The third-order valence-corrected chi connectivity index (χ3v) is 8.87. The van der Waals surface area contributed by atoms with Gasteiger partial charge >= 0.3 is 0 Å². The van der Waals surface area contributed by atoms with Crippen molar-refractivity contribution in [1.29, 1.82) is 0 Å². The molecule has 0 bridgehead atoms. The number of sulfone groups is 1. The van der Waals surface area contributed by atoms with Crippen molar-refractivity contribution in [2.75, 3.05) is 13.2 Å². The molecule has 2 aliphatic rings. The Kier molecular flexibility index (Phi) is 5.78. The molecule has 1 aromatic carbocycles. The first-order valence-corrected chi connectivity index (χ1v) is 12.8. The number of pyridine rings is 1. The zero-order valence-electron chi connectivity index (χ0n) is 17.9. The Hall–Kier alpha value is -2.64. The molecule has 7 heteroatoms. The smallest absolute Gasteiger partial charge is 0.181 e. The number of rotatable bonds is 7. The highest BCUT2D eigenvalue weighted by atomic mass is 32.2. The Morgan fingerprint density at radius 3 is 2.50 bits per heavy atom. The fourth-order valence-electron chi connectivity index (χ4n) is 4.64. The molecule has 0 radical (unpaired) electrons. The first-order chi connectivity index (χ1) is 15.5. The molecule has 3 heterocycles. The van der Waals surface area contributed by atoms with Gasteiger partial charge in [-0.1, -0.05) is 12.1 Å². The lowest BCUT2D eigenvalue weighted by Crippen LogP contribution is -2.21. The summed E-state index contributed by atoms with van der Waals surface area (Å²) >= 11 is 0. The lowest BCUT2D eigenvalue weighted by Gasteiger charge is -2.29. The maximum atomic E-state index is 12.6. The fourth-order valence-corrected chi connectivity index (χ4v) is 6.29. The quantitative estimate of drug-likeness (QED) is 0.567. The van der Waals surface area contributed by atoms with E-state index in [0.717, 1.165) is 62.1 Å². The molecule has 0 spiro atoms. The molecular weight excluding hydrogens is 424 g/mol. The van der Waals surface area contributed by atoms with Crippen molar-refractivity contribution in [3.05, 3.63) is 66.6 Å². The minimum Gasteiger partial charge on any atom is -0.506 e. The molecule has 2 fully saturated rings. The Labute approximate surface area is 188 Å².